The van der Waals surface area contributed by atoms with Gasteiger partial charge in [0, 0.05) is 11.7 Å². The Hall–Kier alpha value is -1.07. The van der Waals surface area contributed by atoms with Crippen LogP contribution in [0.1, 0.15) is 31.2 Å². The fourth-order valence-electron chi connectivity index (χ4n) is 2.15. The fraction of sp³-hybridized carbons (Fsp3) is 0.500. The summed E-state index contributed by atoms with van der Waals surface area (Å²) in [7, 11) is -3.39. The number of nitrogens with one attached hydrogen (secondary N) is 1. The van der Waals surface area contributed by atoms with Gasteiger partial charge in [-0.15, -0.1) is 0 Å². The highest BCUT2D eigenvalue weighted by molar-refractivity contribution is 7.89. The predicted molar refractivity (Wildman–Crippen MR) is 68.2 cm³/mol. The molecule has 1 aromatic rings. The topological polar surface area (TPSA) is 72.2 Å². The van der Waals surface area contributed by atoms with Crippen LogP contribution >= 0.6 is 0 Å². The Morgan fingerprint density at radius 1 is 1.29 bits per heavy atom. The molecule has 0 atom stereocenters. The SMILES string of the molecule is Cc1cc(S(=O)(=O)NC2CCCC2)ccc1N. The monoisotopic (exact) mass is 254 g/mol. The van der Waals surface area contributed by atoms with Crippen LogP contribution in [0, 0.1) is 6.92 Å². The third-order valence-electron chi connectivity index (χ3n) is 3.23. The number of hydrogen-bond acceptors (Lipinski definition) is 3. The largest absolute Gasteiger partial charge is 0.399 e. The van der Waals surface area contributed by atoms with Gasteiger partial charge in [-0.2, -0.15) is 0 Å². The molecule has 0 radical (unpaired) electrons. The molecule has 2 rings (SSSR count). The van der Waals surface area contributed by atoms with E-state index in [4.69, 9.17) is 5.73 Å². The quantitative estimate of drug-likeness (QED) is 0.808. The van der Waals surface area contributed by atoms with Gasteiger partial charge in [0.2, 0.25) is 10.0 Å². The minimum atomic E-state index is -3.39. The maximum absolute atomic E-state index is 12.1. The molecule has 0 bridgehead atoms. The lowest BCUT2D eigenvalue weighted by molar-refractivity contribution is 0.552. The van der Waals surface area contributed by atoms with Crippen LogP contribution in [0.15, 0.2) is 23.1 Å². The van der Waals surface area contributed by atoms with E-state index < -0.39 is 10.0 Å². The molecule has 17 heavy (non-hydrogen) atoms. The molecule has 4 nitrogen and oxygen atoms in total. The van der Waals surface area contributed by atoms with Gasteiger partial charge in [-0.3, -0.25) is 0 Å². The van der Waals surface area contributed by atoms with Gasteiger partial charge >= 0.3 is 0 Å². The summed E-state index contributed by atoms with van der Waals surface area (Å²) in [5.74, 6) is 0. The van der Waals surface area contributed by atoms with Crippen molar-refractivity contribution in [2.45, 2.75) is 43.5 Å². The fourth-order valence-corrected chi connectivity index (χ4v) is 3.54. The first-order valence-corrected chi connectivity index (χ1v) is 7.36. The molecule has 5 heteroatoms. The molecular formula is C12H18N2O2S. The van der Waals surface area contributed by atoms with Crippen molar-refractivity contribution in [1.29, 1.82) is 0 Å². The summed E-state index contributed by atoms with van der Waals surface area (Å²) in [5.41, 5.74) is 7.09. The number of nitrogens with two attached hydrogens (primary N) is 1. The highest BCUT2D eigenvalue weighted by atomic mass is 32.2. The van der Waals surface area contributed by atoms with Crippen molar-refractivity contribution in [2.75, 3.05) is 5.73 Å². The first-order valence-electron chi connectivity index (χ1n) is 5.87. The predicted octanol–water partition coefficient (Wildman–Crippen LogP) is 1.80. The first-order chi connectivity index (χ1) is 7.99. The number of benzene rings is 1. The Labute approximate surface area is 102 Å². The summed E-state index contributed by atoms with van der Waals surface area (Å²) in [6.45, 7) is 1.81. The molecule has 1 saturated carbocycles. The Kier molecular flexibility index (Phi) is 3.40. The zero-order chi connectivity index (χ0) is 12.5. The smallest absolute Gasteiger partial charge is 0.240 e. The summed E-state index contributed by atoms with van der Waals surface area (Å²) in [4.78, 5) is 0.302. The highest BCUT2D eigenvalue weighted by Crippen LogP contribution is 2.22. The lowest BCUT2D eigenvalue weighted by Gasteiger charge is -2.13. The molecule has 1 aliphatic rings. The van der Waals surface area contributed by atoms with Crippen molar-refractivity contribution >= 4 is 15.7 Å². The second-order valence-corrected chi connectivity index (χ2v) is 6.34. The van der Waals surface area contributed by atoms with Gasteiger partial charge in [0.05, 0.1) is 4.90 Å². The van der Waals surface area contributed by atoms with Crippen molar-refractivity contribution in [3.8, 4) is 0 Å². The van der Waals surface area contributed by atoms with E-state index in [2.05, 4.69) is 4.72 Å². The van der Waals surface area contributed by atoms with E-state index in [1.54, 1.807) is 18.2 Å². The summed E-state index contributed by atoms with van der Waals surface area (Å²) in [6.07, 6.45) is 4.09. The van der Waals surface area contributed by atoms with E-state index in [1.165, 1.54) is 0 Å². The van der Waals surface area contributed by atoms with E-state index in [9.17, 15) is 8.42 Å². The number of anilines is 1. The van der Waals surface area contributed by atoms with Crippen LogP contribution in [0.5, 0.6) is 0 Å². The minimum absolute atomic E-state index is 0.0952. The summed E-state index contributed by atoms with van der Waals surface area (Å²) in [6, 6.07) is 4.91. The van der Waals surface area contributed by atoms with Gasteiger partial charge in [-0.25, -0.2) is 13.1 Å². The zero-order valence-corrected chi connectivity index (χ0v) is 10.8. The molecule has 0 spiro atoms. The molecule has 0 aromatic heterocycles. The Bertz CT molecular complexity index is 505. The number of sulfonamides is 1. The summed E-state index contributed by atoms with van der Waals surface area (Å²) >= 11 is 0. The standard InChI is InChI=1S/C12H18N2O2S/c1-9-8-11(6-7-12(9)13)17(15,16)14-10-4-2-3-5-10/h6-8,10,14H,2-5,13H2,1H3. The Morgan fingerprint density at radius 2 is 1.94 bits per heavy atom. The molecule has 0 unspecified atom stereocenters. The van der Waals surface area contributed by atoms with Gasteiger partial charge < -0.3 is 5.73 Å². The van der Waals surface area contributed by atoms with Crippen molar-refractivity contribution in [2.24, 2.45) is 0 Å². The molecule has 1 aliphatic carbocycles. The van der Waals surface area contributed by atoms with Crippen LogP contribution in [0.2, 0.25) is 0 Å². The Balaban J connectivity index is 2.21. The van der Waals surface area contributed by atoms with Crippen LogP contribution in [0.3, 0.4) is 0 Å². The highest BCUT2D eigenvalue weighted by Gasteiger charge is 2.22. The minimum Gasteiger partial charge on any atom is -0.399 e. The van der Waals surface area contributed by atoms with E-state index in [-0.39, 0.29) is 6.04 Å². The molecule has 1 fully saturated rings. The average molecular weight is 254 g/mol. The third-order valence-corrected chi connectivity index (χ3v) is 4.75. The van der Waals surface area contributed by atoms with Crippen LogP contribution in [-0.4, -0.2) is 14.5 Å². The lowest BCUT2D eigenvalue weighted by Crippen LogP contribution is -2.32. The Morgan fingerprint density at radius 3 is 2.53 bits per heavy atom. The summed E-state index contributed by atoms with van der Waals surface area (Å²) < 4.78 is 26.9. The first kappa shape index (κ1) is 12.4. The molecule has 0 saturated heterocycles. The lowest BCUT2D eigenvalue weighted by atomic mass is 10.2. The van der Waals surface area contributed by atoms with E-state index in [1.807, 2.05) is 6.92 Å². The van der Waals surface area contributed by atoms with E-state index >= 15 is 0 Å². The van der Waals surface area contributed by atoms with Crippen LogP contribution < -0.4 is 10.5 Å². The zero-order valence-electron chi connectivity index (χ0n) is 9.94. The molecule has 1 aromatic carbocycles. The van der Waals surface area contributed by atoms with Gasteiger partial charge in [-0.05, 0) is 43.5 Å². The van der Waals surface area contributed by atoms with Crippen LogP contribution in [0.25, 0.3) is 0 Å². The average Bonchev–Trinajstić information content (AvgIpc) is 2.73. The van der Waals surface area contributed by atoms with Gasteiger partial charge in [0.15, 0.2) is 0 Å². The van der Waals surface area contributed by atoms with Gasteiger partial charge in [0.25, 0.3) is 0 Å². The maximum Gasteiger partial charge on any atom is 0.240 e. The molecule has 3 N–H and O–H groups in total. The second-order valence-electron chi connectivity index (χ2n) is 4.62. The molecule has 0 heterocycles. The van der Waals surface area contributed by atoms with E-state index in [0.717, 1.165) is 31.2 Å². The van der Waals surface area contributed by atoms with Gasteiger partial charge in [0.1, 0.15) is 0 Å². The number of aryl methyl sites for hydroxylation is 1. The molecule has 0 aliphatic heterocycles. The van der Waals surface area contributed by atoms with E-state index in [0.29, 0.717) is 10.6 Å². The normalized spacial score (nSPS) is 17.5. The number of rotatable bonds is 3. The van der Waals surface area contributed by atoms with Crippen molar-refractivity contribution in [1.82, 2.24) is 4.72 Å². The van der Waals surface area contributed by atoms with Gasteiger partial charge in [-0.1, -0.05) is 12.8 Å². The molecule has 0 amide bonds. The van der Waals surface area contributed by atoms with Crippen molar-refractivity contribution in [3.63, 3.8) is 0 Å². The second kappa shape index (κ2) is 4.66. The maximum atomic E-state index is 12.1. The third kappa shape index (κ3) is 2.79. The number of hydrogen-bond donors (Lipinski definition) is 2. The summed E-state index contributed by atoms with van der Waals surface area (Å²) in [5, 5.41) is 0. The van der Waals surface area contributed by atoms with Crippen LogP contribution in [0.4, 0.5) is 5.69 Å². The number of nitrogen functional groups attached to an aromatic ring is 1. The van der Waals surface area contributed by atoms with Crippen molar-refractivity contribution < 1.29 is 8.42 Å². The van der Waals surface area contributed by atoms with Crippen LogP contribution in [-0.2, 0) is 10.0 Å². The molecule has 94 valence electrons. The van der Waals surface area contributed by atoms with Crippen molar-refractivity contribution in [3.05, 3.63) is 23.8 Å². The molecular weight excluding hydrogens is 236 g/mol.